The molecule has 0 aromatic heterocycles. The second-order valence-electron chi connectivity index (χ2n) is 6.07. The Labute approximate surface area is 135 Å². The molecule has 122 valence electrons. The second-order valence-corrected chi connectivity index (χ2v) is 6.47. The van der Waals surface area contributed by atoms with Crippen LogP contribution in [0.2, 0.25) is 5.02 Å². The molecule has 0 aliphatic heterocycles. The van der Waals surface area contributed by atoms with Crippen LogP contribution in [0.5, 0.6) is 0 Å². The second kappa shape index (κ2) is 7.29. The number of amides is 2. The van der Waals surface area contributed by atoms with Gasteiger partial charge in [0.25, 0.3) is 0 Å². The Hall–Kier alpha value is -1.33. The molecule has 22 heavy (non-hydrogen) atoms. The minimum Gasteiger partial charge on any atom is -0.396 e. The molecular weight excluding hydrogens is 307 g/mol. The largest absolute Gasteiger partial charge is 0.396 e. The van der Waals surface area contributed by atoms with E-state index in [4.69, 9.17) is 16.7 Å². The van der Waals surface area contributed by atoms with Gasteiger partial charge in [0, 0.05) is 18.8 Å². The highest BCUT2D eigenvalue weighted by molar-refractivity contribution is 6.31. The molecule has 2 amide bonds. The van der Waals surface area contributed by atoms with E-state index in [0.29, 0.717) is 18.2 Å². The highest BCUT2D eigenvalue weighted by Crippen LogP contribution is 2.47. The van der Waals surface area contributed by atoms with Crippen LogP contribution in [-0.2, 0) is 0 Å². The van der Waals surface area contributed by atoms with E-state index >= 15 is 0 Å². The Morgan fingerprint density at radius 2 is 2.23 bits per heavy atom. The molecule has 0 unspecified atom stereocenters. The first-order chi connectivity index (χ1) is 10.5. The van der Waals surface area contributed by atoms with Crippen LogP contribution in [0.15, 0.2) is 18.2 Å². The molecule has 1 saturated carbocycles. The molecule has 1 aliphatic carbocycles. The van der Waals surface area contributed by atoms with Crippen molar-refractivity contribution in [2.75, 3.05) is 18.5 Å². The highest BCUT2D eigenvalue weighted by Gasteiger charge is 2.41. The monoisotopic (exact) mass is 328 g/mol. The first kappa shape index (κ1) is 17.0. The molecule has 4 nitrogen and oxygen atoms in total. The number of hydrogen-bond donors (Lipinski definition) is 3. The van der Waals surface area contributed by atoms with Gasteiger partial charge in [-0.05, 0) is 48.8 Å². The van der Waals surface area contributed by atoms with Gasteiger partial charge >= 0.3 is 6.03 Å². The lowest BCUT2D eigenvalue weighted by Gasteiger charge is -2.46. The lowest BCUT2D eigenvalue weighted by Crippen LogP contribution is -2.47. The summed E-state index contributed by atoms with van der Waals surface area (Å²) in [6.45, 7) is 2.87. The van der Waals surface area contributed by atoms with Gasteiger partial charge in [0.2, 0.25) is 0 Å². The van der Waals surface area contributed by atoms with E-state index in [2.05, 4.69) is 17.6 Å². The summed E-state index contributed by atoms with van der Waals surface area (Å²) >= 11 is 5.68. The maximum atomic E-state index is 13.1. The maximum Gasteiger partial charge on any atom is 0.319 e. The molecule has 1 aliphatic rings. The number of aliphatic hydroxyl groups excluding tert-OH is 1. The summed E-state index contributed by atoms with van der Waals surface area (Å²) in [5.74, 6) is -0.148. The van der Waals surface area contributed by atoms with Gasteiger partial charge in [0.1, 0.15) is 5.82 Å². The van der Waals surface area contributed by atoms with E-state index in [1.165, 1.54) is 18.2 Å². The normalized spacial score (nSPS) is 17.5. The fraction of sp³-hybridized carbons (Fsp3) is 0.562. The van der Waals surface area contributed by atoms with Gasteiger partial charge < -0.3 is 15.7 Å². The number of rotatable bonds is 6. The number of carbonyl (C=O) groups is 1. The van der Waals surface area contributed by atoms with Crippen LogP contribution in [0, 0.1) is 17.2 Å². The molecule has 3 N–H and O–H groups in total. The quantitative estimate of drug-likeness (QED) is 0.744. The lowest BCUT2D eigenvalue weighted by atomic mass is 9.60. The molecular formula is C16H22ClFN2O2. The molecule has 0 spiro atoms. The summed E-state index contributed by atoms with van der Waals surface area (Å²) in [7, 11) is 0. The summed E-state index contributed by atoms with van der Waals surface area (Å²) in [4.78, 5) is 12.0. The molecule has 6 heteroatoms. The number of carbonyl (C=O) groups excluding carboxylic acids is 1. The van der Waals surface area contributed by atoms with Crippen molar-refractivity contribution in [1.82, 2.24) is 5.32 Å². The van der Waals surface area contributed by atoms with Crippen molar-refractivity contribution in [3.05, 3.63) is 29.0 Å². The SMILES string of the molecule is C[C@@H](CCO)C1(CNC(=O)Nc2ccc(F)c(Cl)c2)CCC1. The van der Waals surface area contributed by atoms with Gasteiger partial charge in [0.15, 0.2) is 0 Å². The van der Waals surface area contributed by atoms with Crippen LogP contribution in [0.25, 0.3) is 0 Å². The van der Waals surface area contributed by atoms with E-state index < -0.39 is 5.82 Å². The van der Waals surface area contributed by atoms with Crippen molar-refractivity contribution in [1.29, 1.82) is 0 Å². The Bertz CT molecular complexity index is 535. The van der Waals surface area contributed by atoms with Gasteiger partial charge in [-0.15, -0.1) is 0 Å². The van der Waals surface area contributed by atoms with Crippen LogP contribution < -0.4 is 10.6 Å². The van der Waals surface area contributed by atoms with Crippen LogP contribution in [0.4, 0.5) is 14.9 Å². The molecule has 0 heterocycles. The summed E-state index contributed by atoms with van der Waals surface area (Å²) in [6, 6.07) is 3.73. The number of halogens is 2. The smallest absolute Gasteiger partial charge is 0.319 e. The standard InChI is InChI=1S/C16H22ClFN2O2/c1-11(5-8-21)16(6-2-7-16)10-19-15(22)20-12-3-4-14(18)13(17)9-12/h3-4,9,11,21H,2,5-8,10H2,1H3,(H2,19,20,22)/t11-/m0/s1. The van der Waals surface area contributed by atoms with E-state index in [9.17, 15) is 9.18 Å². The fourth-order valence-electron chi connectivity index (χ4n) is 2.98. The van der Waals surface area contributed by atoms with E-state index in [-0.39, 0.29) is 23.1 Å². The minimum atomic E-state index is -0.515. The van der Waals surface area contributed by atoms with Crippen LogP contribution in [0.3, 0.4) is 0 Å². The van der Waals surface area contributed by atoms with Crippen molar-refractivity contribution in [2.45, 2.75) is 32.6 Å². The van der Waals surface area contributed by atoms with E-state index in [1.807, 2.05) is 0 Å². The predicted molar refractivity (Wildman–Crippen MR) is 85.6 cm³/mol. The van der Waals surface area contributed by atoms with Crippen LogP contribution in [-0.4, -0.2) is 24.3 Å². The van der Waals surface area contributed by atoms with Crippen LogP contribution in [0.1, 0.15) is 32.6 Å². The molecule has 1 fully saturated rings. The summed E-state index contributed by atoms with van der Waals surface area (Å²) < 4.78 is 13.1. The number of nitrogens with one attached hydrogen (secondary N) is 2. The third kappa shape index (κ3) is 3.90. The van der Waals surface area contributed by atoms with E-state index in [0.717, 1.165) is 25.7 Å². The predicted octanol–water partition coefficient (Wildman–Crippen LogP) is 3.79. The maximum absolute atomic E-state index is 13.1. The van der Waals surface area contributed by atoms with Gasteiger partial charge in [-0.3, -0.25) is 0 Å². The Kier molecular flexibility index (Phi) is 5.64. The fourth-order valence-corrected chi connectivity index (χ4v) is 3.16. The van der Waals surface area contributed by atoms with E-state index in [1.54, 1.807) is 0 Å². The summed E-state index contributed by atoms with van der Waals surface area (Å²) in [6.07, 6.45) is 4.04. The van der Waals surface area contributed by atoms with Crippen molar-refractivity contribution in [3.8, 4) is 0 Å². The average molecular weight is 329 g/mol. The van der Waals surface area contributed by atoms with Gasteiger partial charge in [-0.2, -0.15) is 0 Å². The summed E-state index contributed by atoms with van der Waals surface area (Å²) in [5, 5.41) is 14.6. The first-order valence-electron chi connectivity index (χ1n) is 7.57. The number of hydrogen-bond acceptors (Lipinski definition) is 2. The molecule has 1 aromatic rings. The Morgan fingerprint density at radius 3 is 2.77 bits per heavy atom. The first-order valence-corrected chi connectivity index (χ1v) is 7.95. The zero-order valence-corrected chi connectivity index (χ0v) is 13.4. The topological polar surface area (TPSA) is 61.4 Å². The molecule has 0 saturated heterocycles. The number of urea groups is 1. The van der Waals surface area contributed by atoms with Crippen LogP contribution >= 0.6 is 11.6 Å². The van der Waals surface area contributed by atoms with Gasteiger partial charge in [-0.25, -0.2) is 9.18 Å². The Morgan fingerprint density at radius 1 is 1.50 bits per heavy atom. The number of benzene rings is 1. The molecule has 1 aromatic carbocycles. The summed E-state index contributed by atoms with van der Waals surface area (Å²) in [5.41, 5.74) is 0.538. The highest BCUT2D eigenvalue weighted by atomic mass is 35.5. The lowest BCUT2D eigenvalue weighted by molar-refractivity contribution is 0.0462. The minimum absolute atomic E-state index is 0.0233. The molecule has 0 bridgehead atoms. The Balaban J connectivity index is 1.87. The van der Waals surface area contributed by atoms with Crippen molar-refractivity contribution < 1.29 is 14.3 Å². The molecule has 0 radical (unpaired) electrons. The third-order valence-corrected chi connectivity index (χ3v) is 5.02. The van der Waals surface area contributed by atoms with Crippen molar-refractivity contribution in [3.63, 3.8) is 0 Å². The van der Waals surface area contributed by atoms with Crippen molar-refractivity contribution >= 4 is 23.3 Å². The zero-order valence-electron chi connectivity index (χ0n) is 12.7. The number of anilines is 1. The molecule has 1 atom stereocenters. The van der Waals surface area contributed by atoms with Gasteiger partial charge in [0.05, 0.1) is 5.02 Å². The third-order valence-electron chi connectivity index (χ3n) is 4.74. The molecule has 2 rings (SSSR count). The zero-order chi connectivity index (χ0) is 16.2. The number of aliphatic hydroxyl groups is 1. The average Bonchev–Trinajstić information content (AvgIpc) is 2.42. The van der Waals surface area contributed by atoms with Gasteiger partial charge in [-0.1, -0.05) is 24.9 Å². The van der Waals surface area contributed by atoms with Crippen molar-refractivity contribution in [2.24, 2.45) is 11.3 Å².